The molecule has 4 rings (SSSR count). The molecule has 8 heteroatoms. The minimum absolute atomic E-state index is 0.0971. The molecule has 1 fully saturated rings. The van der Waals surface area contributed by atoms with Crippen molar-refractivity contribution >= 4 is 27.3 Å². The number of carbonyl (C=O) groups is 1. The molecule has 0 bridgehead atoms. The van der Waals surface area contributed by atoms with Crippen molar-refractivity contribution in [1.82, 2.24) is 4.31 Å². The summed E-state index contributed by atoms with van der Waals surface area (Å²) in [6, 6.07) is 18.3. The van der Waals surface area contributed by atoms with Gasteiger partial charge in [0.05, 0.1) is 4.90 Å². The van der Waals surface area contributed by atoms with E-state index in [2.05, 4.69) is 5.32 Å². The Bertz CT molecular complexity index is 1280. The first-order valence-corrected chi connectivity index (χ1v) is 13.3. The number of benzene rings is 3. The summed E-state index contributed by atoms with van der Waals surface area (Å²) < 4.78 is 41.3. The van der Waals surface area contributed by atoms with Crippen molar-refractivity contribution < 1.29 is 17.6 Å². The molecule has 0 saturated carbocycles. The largest absolute Gasteiger partial charge is 0.369 e. The first-order chi connectivity index (χ1) is 16.8. The van der Waals surface area contributed by atoms with Crippen LogP contribution in [-0.4, -0.2) is 44.8 Å². The molecule has 0 aromatic heterocycles. The zero-order valence-corrected chi connectivity index (χ0v) is 20.8. The SMILES string of the molecule is CCc1cccc(CC)c1NC(=O)c1cccc(S(=O)(=O)N2CCN(c3ccc(F)cc3)CC2)c1. The average Bonchev–Trinajstić information content (AvgIpc) is 2.89. The summed E-state index contributed by atoms with van der Waals surface area (Å²) in [5, 5.41) is 3.00. The summed E-state index contributed by atoms with van der Waals surface area (Å²) in [5.74, 6) is -0.637. The number of amides is 1. The molecule has 6 nitrogen and oxygen atoms in total. The van der Waals surface area contributed by atoms with Gasteiger partial charge < -0.3 is 10.2 Å². The highest BCUT2D eigenvalue weighted by Crippen LogP contribution is 2.25. The van der Waals surface area contributed by atoms with Gasteiger partial charge in [0.15, 0.2) is 0 Å². The molecule has 0 radical (unpaired) electrons. The third kappa shape index (κ3) is 5.39. The van der Waals surface area contributed by atoms with Gasteiger partial charge in [-0.3, -0.25) is 4.79 Å². The van der Waals surface area contributed by atoms with Crippen molar-refractivity contribution in [3.05, 3.63) is 89.2 Å². The minimum Gasteiger partial charge on any atom is -0.369 e. The van der Waals surface area contributed by atoms with Crippen LogP contribution in [0.3, 0.4) is 0 Å². The predicted octanol–water partition coefficient (Wildman–Crippen LogP) is 4.71. The van der Waals surface area contributed by atoms with Crippen molar-refractivity contribution in [1.29, 1.82) is 0 Å². The zero-order valence-electron chi connectivity index (χ0n) is 20.0. The van der Waals surface area contributed by atoms with Crippen LogP contribution in [0, 0.1) is 5.82 Å². The number of piperazine rings is 1. The molecule has 35 heavy (non-hydrogen) atoms. The van der Waals surface area contributed by atoms with E-state index in [4.69, 9.17) is 0 Å². The molecule has 1 aliphatic rings. The quantitative estimate of drug-likeness (QED) is 0.515. The molecule has 0 unspecified atom stereocenters. The van der Waals surface area contributed by atoms with Crippen molar-refractivity contribution in [3.63, 3.8) is 0 Å². The number of nitrogens with zero attached hydrogens (tertiary/aromatic N) is 2. The predicted molar refractivity (Wildman–Crippen MR) is 137 cm³/mol. The highest BCUT2D eigenvalue weighted by atomic mass is 32.2. The zero-order chi connectivity index (χ0) is 25.0. The number of para-hydroxylation sites is 1. The van der Waals surface area contributed by atoms with Gasteiger partial charge in [-0.05, 0) is 66.4 Å². The van der Waals surface area contributed by atoms with Crippen molar-refractivity contribution in [2.75, 3.05) is 36.4 Å². The first-order valence-electron chi connectivity index (χ1n) is 11.9. The summed E-state index contributed by atoms with van der Waals surface area (Å²) in [6.07, 6.45) is 1.56. The van der Waals surface area contributed by atoms with E-state index in [1.54, 1.807) is 24.3 Å². The molecular weight excluding hydrogens is 465 g/mol. The molecule has 1 heterocycles. The van der Waals surface area contributed by atoms with Crippen LogP contribution in [-0.2, 0) is 22.9 Å². The fraction of sp³-hybridized carbons (Fsp3) is 0.296. The van der Waals surface area contributed by atoms with E-state index in [0.717, 1.165) is 35.3 Å². The third-order valence-corrected chi connectivity index (χ3v) is 8.30. The monoisotopic (exact) mass is 495 g/mol. The van der Waals surface area contributed by atoms with Gasteiger partial charge in [0.25, 0.3) is 5.91 Å². The molecule has 0 aliphatic carbocycles. The summed E-state index contributed by atoms with van der Waals surface area (Å²) in [7, 11) is -3.76. The van der Waals surface area contributed by atoms with Gasteiger partial charge >= 0.3 is 0 Å². The fourth-order valence-electron chi connectivity index (χ4n) is 4.37. The molecule has 0 spiro atoms. The van der Waals surface area contributed by atoms with Crippen LogP contribution in [0.2, 0.25) is 0 Å². The maximum absolute atomic E-state index is 13.3. The first kappa shape index (κ1) is 24.9. The Hall–Kier alpha value is -3.23. The van der Waals surface area contributed by atoms with Gasteiger partial charge in [-0.1, -0.05) is 38.1 Å². The highest BCUT2D eigenvalue weighted by molar-refractivity contribution is 7.89. The van der Waals surface area contributed by atoms with E-state index in [0.29, 0.717) is 31.7 Å². The lowest BCUT2D eigenvalue weighted by Gasteiger charge is -2.35. The molecular formula is C27H30FN3O3S. The number of aryl methyl sites for hydroxylation is 2. The second-order valence-electron chi connectivity index (χ2n) is 8.51. The Morgan fingerprint density at radius 2 is 1.49 bits per heavy atom. The van der Waals surface area contributed by atoms with Crippen molar-refractivity contribution in [3.8, 4) is 0 Å². The van der Waals surface area contributed by atoms with Crippen LogP contribution >= 0.6 is 0 Å². The van der Waals surface area contributed by atoms with Gasteiger partial charge in [-0.25, -0.2) is 12.8 Å². The third-order valence-electron chi connectivity index (χ3n) is 6.40. The normalized spacial score (nSPS) is 14.7. The lowest BCUT2D eigenvalue weighted by molar-refractivity contribution is 0.102. The standard InChI is InChI=1S/C27H30FN3O3S/c1-3-20-7-5-8-21(4-2)26(20)29-27(32)22-9-6-10-25(19-22)35(33,34)31-17-15-30(16-18-31)24-13-11-23(28)12-14-24/h5-14,19H,3-4,15-18H2,1-2H3,(H,29,32). The molecule has 1 saturated heterocycles. The lowest BCUT2D eigenvalue weighted by Crippen LogP contribution is -2.48. The van der Waals surface area contributed by atoms with E-state index in [1.807, 2.05) is 36.9 Å². The molecule has 1 amide bonds. The number of halogens is 1. The Morgan fingerprint density at radius 1 is 0.886 bits per heavy atom. The average molecular weight is 496 g/mol. The van der Waals surface area contributed by atoms with E-state index in [9.17, 15) is 17.6 Å². The van der Waals surface area contributed by atoms with Crippen LogP contribution < -0.4 is 10.2 Å². The highest BCUT2D eigenvalue weighted by Gasteiger charge is 2.29. The number of anilines is 2. The van der Waals surface area contributed by atoms with Crippen molar-refractivity contribution in [2.24, 2.45) is 0 Å². The number of hydrogen-bond acceptors (Lipinski definition) is 4. The number of carbonyl (C=O) groups excluding carboxylic acids is 1. The number of sulfonamides is 1. The minimum atomic E-state index is -3.76. The molecule has 184 valence electrons. The smallest absolute Gasteiger partial charge is 0.255 e. The molecule has 3 aromatic rings. The lowest BCUT2D eigenvalue weighted by atomic mass is 10.0. The summed E-state index contributed by atoms with van der Waals surface area (Å²) in [4.78, 5) is 15.2. The Labute approximate surface area is 206 Å². The van der Waals surface area contributed by atoms with E-state index in [-0.39, 0.29) is 16.6 Å². The van der Waals surface area contributed by atoms with Crippen LogP contribution in [0.25, 0.3) is 0 Å². The van der Waals surface area contributed by atoms with Gasteiger partial charge in [-0.15, -0.1) is 0 Å². The van der Waals surface area contributed by atoms with Crippen LogP contribution in [0.1, 0.15) is 35.3 Å². The summed E-state index contributed by atoms with van der Waals surface area (Å²) in [6.45, 7) is 5.68. The number of hydrogen-bond donors (Lipinski definition) is 1. The maximum atomic E-state index is 13.3. The van der Waals surface area contributed by atoms with E-state index >= 15 is 0 Å². The molecule has 1 N–H and O–H groups in total. The van der Waals surface area contributed by atoms with Gasteiger partial charge in [0.1, 0.15) is 5.82 Å². The molecule has 1 aliphatic heterocycles. The van der Waals surface area contributed by atoms with Crippen LogP contribution in [0.5, 0.6) is 0 Å². The number of nitrogens with one attached hydrogen (secondary N) is 1. The Morgan fingerprint density at radius 3 is 2.09 bits per heavy atom. The second kappa shape index (κ2) is 10.6. The van der Waals surface area contributed by atoms with Gasteiger partial charge in [0, 0.05) is 43.1 Å². The summed E-state index contributed by atoms with van der Waals surface area (Å²) >= 11 is 0. The van der Waals surface area contributed by atoms with Crippen molar-refractivity contribution in [2.45, 2.75) is 31.6 Å². The Balaban J connectivity index is 1.49. The van der Waals surface area contributed by atoms with Gasteiger partial charge in [0.2, 0.25) is 10.0 Å². The van der Waals surface area contributed by atoms with Crippen LogP contribution in [0.15, 0.2) is 71.6 Å². The fourth-order valence-corrected chi connectivity index (χ4v) is 5.84. The number of rotatable bonds is 7. The molecule has 0 atom stereocenters. The molecule has 3 aromatic carbocycles. The maximum Gasteiger partial charge on any atom is 0.255 e. The second-order valence-corrected chi connectivity index (χ2v) is 10.4. The van der Waals surface area contributed by atoms with Crippen LogP contribution in [0.4, 0.5) is 15.8 Å². The topological polar surface area (TPSA) is 69.7 Å². The Kier molecular flexibility index (Phi) is 7.52. The van der Waals surface area contributed by atoms with E-state index < -0.39 is 10.0 Å². The van der Waals surface area contributed by atoms with Gasteiger partial charge in [-0.2, -0.15) is 4.31 Å². The van der Waals surface area contributed by atoms with E-state index in [1.165, 1.54) is 28.6 Å². The summed E-state index contributed by atoms with van der Waals surface area (Å²) in [5.41, 5.74) is 4.04.